The SMILES string of the molecule is CC1=CC(=O)C2=C(C[C@@H]3C(=CC[C@@H]4C(=O)N(C5CCCCC5)C(=O)[C@@H]43)[C@@H]2c2ccc(O)cc2Cl)C1=O. The van der Waals surface area contributed by atoms with Gasteiger partial charge >= 0.3 is 0 Å². The highest BCUT2D eigenvalue weighted by Gasteiger charge is 2.57. The summed E-state index contributed by atoms with van der Waals surface area (Å²) in [7, 11) is 0. The molecule has 0 radical (unpaired) electrons. The second kappa shape index (κ2) is 8.55. The first-order valence-corrected chi connectivity index (χ1v) is 13.2. The summed E-state index contributed by atoms with van der Waals surface area (Å²) in [5, 5.41) is 10.2. The van der Waals surface area contributed by atoms with Crippen molar-refractivity contribution in [3.05, 3.63) is 63.2 Å². The summed E-state index contributed by atoms with van der Waals surface area (Å²) in [5.74, 6) is -2.56. The van der Waals surface area contributed by atoms with Crippen LogP contribution in [-0.4, -0.2) is 39.4 Å². The van der Waals surface area contributed by atoms with Crippen LogP contribution in [0.3, 0.4) is 0 Å². The minimum Gasteiger partial charge on any atom is -0.508 e. The number of halogens is 1. The van der Waals surface area contributed by atoms with Crippen LogP contribution >= 0.6 is 11.6 Å². The third kappa shape index (κ3) is 3.37. The molecule has 36 heavy (non-hydrogen) atoms. The molecule has 0 aromatic heterocycles. The zero-order valence-electron chi connectivity index (χ0n) is 20.1. The zero-order valence-corrected chi connectivity index (χ0v) is 20.9. The number of aromatic hydroxyl groups is 1. The Bertz CT molecular complexity index is 1310. The molecule has 6 nitrogen and oxygen atoms in total. The van der Waals surface area contributed by atoms with Crippen molar-refractivity contribution >= 4 is 35.0 Å². The van der Waals surface area contributed by atoms with Gasteiger partial charge in [0.25, 0.3) is 0 Å². The van der Waals surface area contributed by atoms with Crippen molar-refractivity contribution in [3.63, 3.8) is 0 Å². The molecule has 7 heteroatoms. The molecule has 2 amide bonds. The fourth-order valence-electron chi connectivity index (χ4n) is 7.21. The summed E-state index contributed by atoms with van der Waals surface area (Å²) in [6, 6.07) is 4.58. The van der Waals surface area contributed by atoms with E-state index in [1.54, 1.807) is 13.0 Å². The lowest BCUT2D eigenvalue weighted by molar-refractivity contribution is -0.143. The Morgan fingerprint density at radius 2 is 1.75 bits per heavy atom. The average molecular weight is 506 g/mol. The van der Waals surface area contributed by atoms with Crippen LogP contribution in [0.1, 0.15) is 63.4 Å². The summed E-state index contributed by atoms with van der Waals surface area (Å²) >= 11 is 6.58. The number of fused-ring (bicyclic) bond motifs is 3. The van der Waals surface area contributed by atoms with Gasteiger partial charge in [0, 0.05) is 33.7 Å². The molecular formula is C29H28ClNO5. The van der Waals surface area contributed by atoms with Gasteiger partial charge in [-0.25, -0.2) is 0 Å². The Kier molecular flexibility index (Phi) is 5.56. The Hall–Kier alpha value is -2.99. The van der Waals surface area contributed by atoms with Gasteiger partial charge in [-0.3, -0.25) is 24.1 Å². The number of phenols is 1. The highest BCUT2D eigenvalue weighted by molar-refractivity contribution is 6.32. The van der Waals surface area contributed by atoms with Crippen molar-refractivity contribution in [1.82, 2.24) is 4.90 Å². The van der Waals surface area contributed by atoms with Gasteiger partial charge in [0.05, 0.1) is 11.8 Å². The maximum absolute atomic E-state index is 13.9. The minimum atomic E-state index is -0.597. The summed E-state index contributed by atoms with van der Waals surface area (Å²) in [4.78, 5) is 55.5. The maximum atomic E-state index is 13.9. The number of phenolic OH excluding ortho intramolecular Hbond substituents is 1. The van der Waals surface area contributed by atoms with E-state index in [2.05, 4.69) is 0 Å². The average Bonchev–Trinajstić information content (AvgIpc) is 3.12. The van der Waals surface area contributed by atoms with Crippen LogP contribution in [0.15, 0.2) is 52.6 Å². The van der Waals surface area contributed by atoms with Gasteiger partial charge in [-0.15, -0.1) is 0 Å². The summed E-state index contributed by atoms with van der Waals surface area (Å²) < 4.78 is 0. The smallest absolute Gasteiger partial charge is 0.233 e. The number of amides is 2. The number of benzene rings is 1. The number of ketones is 2. The van der Waals surface area contributed by atoms with Crippen molar-refractivity contribution in [2.45, 2.75) is 63.8 Å². The van der Waals surface area contributed by atoms with Gasteiger partial charge in [-0.05, 0) is 62.3 Å². The monoisotopic (exact) mass is 505 g/mol. The van der Waals surface area contributed by atoms with E-state index < -0.39 is 17.8 Å². The van der Waals surface area contributed by atoms with Gasteiger partial charge in [0.1, 0.15) is 5.75 Å². The number of Topliss-reactive ketones (excluding diaryl/α,β-unsaturated/α-hetero) is 1. The number of likely N-dealkylation sites (tertiary alicyclic amines) is 1. The second-order valence-electron chi connectivity index (χ2n) is 10.8. The molecule has 186 valence electrons. The largest absolute Gasteiger partial charge is 0.508 e. The first kappa shape index (κ1) is 23.4. The molecule has 1 aromatic rings. The second-order valence-corrected chi connectivity index (χ2v) is 11.2. The van der Waals surface area contributed by atoms with Crippen LogP contribution in [0.5, 0.6) is 5.75 Å². The Labute approximate surface area is 214 Å². The molecule has 4 atom stereocenters. The third-order valence-electron chi connectivity index (χ3n) is 8.83. The molecule has 1 heterocycles. The molecule has 6 rings (SSSR count). The van der Waals surface area contributed by atoms with E-state index in [1.807, 2.05) is 6.08 Å². The molecule has 1 saturated carbocycles. The first-order valence-electron chi connectivity index (χ1n) is 12.8. The van der Waals surface area contributed by atoms with Crippen LogP contribution in [0.25, 0.3) is 0 Å². The molecule has 4 aliphatic carbocycles. The summed E-state index contributed by atoms with van der Waals surface area (Å²) in [6.45, 7) is 1.64. The van der Waals surface area contributed by atoms with E-state index in [0.717, 1.165) is 37.7 Å². The number of rotatable bonds is 2. The number of nitrogens with zero attached hydrogens (tertiary/aromatic N) is 1. The highest BCUT2D eigenvalue weighted by atomic mass is 35.5. The van der Waals surface area contributed by atoms with E-state index >= 15 is 0 Å². The van der Waals surface area contributed by atoms with Crippen LogP contribution in [0.2, 0.25) is 5.02 Å². The molecule has 1 aliphatic heterocycles. The van der Waals surface area contributed by atoms with Crippen molar-refractivity contribution in [2.75, 3.05) is 0 Å². The number of hydrogen-bond donors (Lipinski definition) is 1. The number of allylic oxidation sites excluding steroid dienone is 6. The lowest BCUT2D eigenvalue weighted by atomic mass is 9.59. The molecular weight excluding hydrogens is 478 g/mol. The molecule has 1 saturated heterocycles. The van der Waals surface area contributed by atoms with E-state index in [1.165, 1.54) is 23.1 Å². The third-order valence-corrected chi connectivity index (χ3v) is 9.16. The minimum absolute atomic E-state index is 0.00415. The van der Waals surface area contributed by atoms with Crippen LogP contribution in [0.4, 0.5) is 0 Å². The predicted octanol–water partition coefficient (Wildman–Crippen LogP) is 4.81. The van der Waals surface area contributed by atoms with E-state index in [0.29, 0.717) is 33.7 Å². The fraction of sp³-hybridized carbons (Fsp3) is 0.448. The van der Waals surface area contributed by atoms with Gasteiger partial charge < -0.3 is 5.11 Å². The highest BCUT2D eigenvalue weighted by Crippen LogP contribution is 2.56. The number of carbonyl (C=O) groups excluding carboxylic acids is 4. The standard InChI is InChI=1S/C29H28ClNO5/c1-14-11-23(33)26-21(27(14)34)13-20-17(24(26)18-8-7-16(32)12-22(18)30)9-10-19-25(20)29(36)31(28(19)35)15-5-3-2-4-6-15/h7-9,11-12,15,19-20,24-25,32H,2-6,10,13H2,1H3/t19-,20+,24+,25-/m0/s1. The quantitative estimate of drug-likeness (QED) is 0.354. The lowest BCUT2D eigenvalue weighted by Gasteiger charge is -2.42. The van der Waals surface area contributed by atoms with Crippen molar-refractivity contribution in [1.29, 1.82) is 0 Å². The predicted molar refractivity (Wildman–Crippen MR) is 133 cm³/mol. The topological polar surface area (TPSA) is 91.8 Å². The van der Waals surface area contributed by atoms with Gasteiger partial charge in [0.2, 0.25) is 11.8 Å². The first-order chi connectivity index (χ1) is 17.3. The van der Waals surface area contributed by atoms with E-state index in [4.69, 9.17) is 11.6 Å². The molecule has 1 aromatic carbocycles. The van der Waals surface area contributed by atoms with Gasteiger partial charge in [-0.1, -0.05) is 48.6 Å². The summed E-state index contributed by atoms with van der Waals surface area (Å²) in [5.41, 5.74) is 2.70. The number of imide groups is 1. The van der Waals surface area contributed by atoms with Crippen molar-refractivity contribution < 1.29 is 24.3 Å². The molecule has 1 N–H and O–H groups in total. The Morgan fingerprint density at radius 1 is 1.00 bits per heavy atom. The molecule has 5 aliphatic rings. The van der Waals surface area contributed by atoms with Crippen molar-refractivity contribution in [2.24, 2.45) is 17.8 Å². The van der Waals surface area contributed by atoms with Crippen molar-refractivity contribution in [3.8, 4) is 5.75 Å². The lowest BCUT2D eigenvalue weighted by Crippen LogP contribution is -2.43. The van der Waals surface area contributed by atoms with Gasteiger partial charge in [-0.2, -0.15) is 0 Å². The fourth-order valence-corrected chi connectivity index (χ4v) is 7.49. The molecule has 0 unspecified atom stereocenters. The summed E-state index contributed by atoms with van der Waals surface area (Å²) in [6.07, 6.45) is 8.93. The molecule has 2 fully saturated rings. The Morgan fingerprint density at radius 3 is 2.47 bits per heavy atom. The maximum Gasteiger partial charge on any atom is 0.233 e. The number of hydrogen-bond acceptors (Lipinski definition) is 5. The Balaban J connectivity index is 1.47. The van der Waals surface area contributed by atoms with Crippen LogP contribution in [0, 0.1) is 17.8 Å². The molecule has 0 bridgehead atoms. The van der Waals surface area contributed by atoms with Crippen LogP contribution < -0.4 is 0 Å². The van der Waals surface area contributed by atoms with E-state index in [-0.39, 0.29) is 47.5 Å². The van der Waals surface area contributed by atoms with Crippen LogP contribution in [-0.2, 0) is 19.2 Å². The normalized spacial score (nSPS) is 30.7. The zero-order chi connectivity index (χ0) is 25.3. The number of carbonyl (C=O) groups is 4. The van der Waals surface area contributed by atoms with Gasteiger partial charge in [0.15, 0.2) is 11.6 Å². The molecule has 0 spiro atoms. The van der Waals surface area contributed by atoms with E-state index in [9.17, 15) is 24.3 Å².